The number of hydrogen-bond acceptors (Lipinski definition) is 4. The Kier molecular flexibility index (Phi) is 5.65. The van der Waals surface area contributed by atoms with Gasteiger partial charge in [0.15, 0.2) is 9.84 Å². The lowest BCUT2D eigenvalue weighted by Gasteiger charge is -2.28. The zero-order valence-corrected chi connectivity index (χ0v) is 16.1. The molecule has 3 rings (SSSR count). The van der Waals surface area contributed by atoms with Crippen LogP contribution in [0.15, 0.2) is 47.4 Å². The summed E-state index contributed by atoms with van der Waals surface area (Å²) in [6.45, 7) is 3.03. The van der Waals surface area contributed by atoms with Gasteiger partial charge in [-0.2, -0.15) is 0 Å². The Morgan fingerprint density at radius 3 is 2.65 bits per heavy atom. The second-order valence-corrected chi connectivity index (χ2v) is 8.89. The third-order valence-corrected chi connectivity index (χ3v) is 5.97. The zero-order valence-electron chi connectivity index (χ0n) is 14.5. The Labute approximate surface area is 158 Å². The van der Waals surface area contributed by atoms with Crippen molar-refractivity contribution in [3.63, 3.8) is 0 Å². The molecule has 138 valence electrons. The van der Waals surface area contributed by atoms with Crippen LogP contribution < -0.4 is 5.32 Å². The lowest BCUT2D eigenvalue weighted by atomic mass is 10.00. The van der Waals surface area contributed by atoms with Gasteiger partial charge < -0.3 is 5.32 Å². The molecule has 0 saturated heterocycles. The highest BCUT2D eigenvalue weighted by Crippen LogP contribution is 2.21. The summed E-state index contributed by atoms with van der Waals surface area (Å²) in [5.41, 5.74) is 2.89. The predicted molar refractivity (Wildman–Crippen MR) is 102 cm³/mol. The number of nitrogens with zero attached hydrogens (tertiary/aromatic N) is 1. The molecule has 2 aromatic rings. The predicted octanol–water partition coefficient (Wildman–Crippen LogP) is 2.53. The third kappa shape index (κ3) is 4.44. The molecule has 1 aliphatic heterocycles. The molecule has 0 bridgehead atoms. The fraction of sp³-hybridized carbons (Fsp3) is 0.316. The summed E-state index contributed by atoms with van der Waals surface area (Å²) >= 11 is 6.06. The van der Waals surface area contributed by atoms with E-state index in [4.69, 9.17) is 11.6 Å². The van der Waals surface area contributed by atoms with E-state index in [1.54, 1.807) is 0 Å². The van der Waals surface area contributed by atoms with Crippen molar-refractivity contribution < 1.29 is 13.2 Å². The molecule has 0 atom stereocenters. The minimum absolute atomic E-state index is 0.0830. The molecule has 7 heteroatoms. The van der Waals surface area contributed by atoms with Crippen molar-refractivity contribution in [2.75, 3.05) is 25.9 Å². The van der Waals surface area contributed by atoms with Gasteiger partial charge in [0.05, 0.1) is 15.5 Å². The highest BCUT2D eigenvalue weighted by Gasteiger charge is 2.17. The van der Waals surface area contributed by atoms with E-state index in [1.165, 1.54) is 29.3 Å². The minimum atomic E-state index is -3.39. The van der Waals surface area contributed by atoms with Crippen molar-refractivity contribution in [2.45, 2.75) is 17.9 Å². The lowest BCUT2D eigenvalue weighted by molar-refractivity contribution is 0.0947. The van der Waals surface area contributed by atoms with Crippen LogP contribution in [0, 0.1) is 0 Å². The summed E-state index contributed by atoms with van der Waals surface area (Å²) in [6, 6.07) is 12.6. The van der Waals surface area contributed by atoms with Crippen molar-refractivity contribution >= 4 is 27.3 Å². The van der Waals surface area contributed by atoms with Gasteiger partial charge >= 0.3 is 0 Å². The number of fused-ring (bicyclic) bond motifs is 1. The average Bonchev–Trinajstić information content (AvgIpc) is 2.61. The number of benzene rings is 2. The van der Waals surface area contributed by atoms with Crippen LogP contribution in [0.2, 0.25) is 5.02 Å². The quantitative estimate of drug-likeness (QED) is 0.849. The third-order valence-electron chi connectivity index (χ3n) is 4.53. The highest BCUT2D eigenvalue weighted by atomic mass is 35.5. The minimum Gasteiger partial charge on any atom is -0.351 e. The molecule has 1 N–H and O–H groups in total. The fourth-order valence-electron chi connectivity index (χ4n) is 3.08. The van der Waals surface area contributed by atoms with Crippen LogP contribution in [-0.2, 0) is 22.8 Å². The van der Waals surface area contributed by atoms with Crippen molar-refractivity contribution in [1.82, 2.24) is 10.2 Å². The number of amides is 1. The Balaban J connectivity index is 1.58. The summed E-state index contributed by atoms with van der Waals surface area (Å²) < 4.78 is 23.3. The van der Waals surface area contributed by atoms with Crippen LogP contribution in [0.4, 0.5) is 0 Å². The smallest absolute Gasteiger partial charge is 0.252 e. The van der Waals surface area contributed by atoms with E-state index in [-0.39, 0.29) is 21.4 Å². The van der Waals surface area contributed by atoms with E-state index >= 15 is 0 Å². The van der Waals surface area contributed by atoms with E-state index < -0.39 is 9.84 Å². The Morgan fingerprint density at radius 1 is 1.19 bits per heavy atom. The molecule has 0 aromatic heterocycles. The first-order valence-electron chi connectivity index (χ1n) is 8.41. The number of carbonyl (C=O) groups is 1. The van der Waals surface area contributed by atoms with E-state index in [9.17, 15) is 13.2 Å². The molecule has 2 aromatic carbocycles. The van der Waals surface area contributed by atoms with Crippen LogP contribution in [-0.4, -0.2) is 45.1 Å². The van der Waals surface area contributed by atoms with Crippen LogP contribution in [0.3, 0.4) is 0 Å². The second-order valence-electron chi connectivity index (χ2n) is 6.46. The number of rotatable bonds is 5. The molecule has 1 aliphatic rings. The number of nitrogens with one attached hydrogen (secondary N) is 1. The van der Waals surface area contributed by atoms with Gasteiger partial charge in [0.1, 0.15) is 0 Å². The molecule has 1 heterocycles. The number of sulfone groups is 1. The largest absolute Gasteiger partial charge is 0.351 e. The van der Waals surface area contributed by atoms with Gasteiger partial charge in [0.25, 0.3) is 5.91 Å². The fourth-order valence-corrected chi connectivity index (χ4v) is 3.93. The van der Waals surface area contributed by atoms with Gasteiger partial charge in [-0.15, -0.1) is 0 Å². The Bertz CT molecular complexity index is 928. The summed E-state index contributed by atoms with van der Waals surface area (Å²) in [4.78, 5) is 14.7. The summed E-state index contributed by atoms with van der Waals surface area (Å²) in [6.07, 6.45) is 2.11. The van der Waals surface area contributed by atoms with Gasteiger partial charge in [-0.3, -0.25) is 9.69 Å². The molecular weight excluding hydrogens is 372 g/mol. The topological polar surface area (TPSA) is 66.5 Å². The first-order valence-corrected chi connectivity index (χ1v) is 10.7. The van der Waals surface area contributed by atoms with E-state index in [1.807, 2.05) is 6.07 Å². The first-order chi connectivity index (χ1) is 12.3. The van der Waals surface area contributed by atoms with E-state index in [0.717, 1.165) is 32.3 Å². The van der Waals surface area contributed by atoms with Crippen LogP contribution >= 0.6 is 11.6 Å². The molecule has 0 spiro atoms. The monoisotopic (exact) mass is 392 g/mol. The Morgan fingerprint density at radius 2 is 1.92 bits per heavy atom. The summed E-state index contributed by atoms with van der Waals surface area (Å²) in [7, 11) is -3.39. The number of halogens is 1. The van der Waals surface area contributed by atoms with Crippen molar-refractivity contribution in [3.05, 3.63) is 64.2 Å². The zero-order chi connectivity index (χ0) is 18.7. The van der Waals surface area contributed by atoms with Gasteiger partial charge in [-0.05, 0) is 35.7 Å². The molecule has 0 unspecified atom stereocenters. The van der Waals surface area contributed by atoms with Crippen molar-refractivity contribution in [3.8, 4) is 0 Å². The van der Waals surface area contributed by atoms with Crippen LogP contribution in [0.25, 0.3) is 0 Å². The number of hydrogen-bond donors (Lipinski definition) is 1. The van der Waals surface area contributed by atoms with Gasteiger partial charge in [0.2, 0.25) is 0 Å². The van der Waals surface area contributed by atoms with E-state index in [0.29, 0.717) is 6.54 Å². The standard InChI is InChI=1S/C19H21ClN2O3S/c1-26(24,25)16-6-7-18(20)17(12-16)19(23)21-9-11-22-10-8-14-4-2-3-5-15(14)13-22/h2-7,12H,8-11,13H2,1H3,(H,21,23). The second kappa shape index (κ2) is 7.78. The van der Waals surface area contributed by atoms with Crippen molar-refractivity contribution in [1.29, 1.82) is 0 Å². The summed E-state index contributed by atoms with van der Waals surface area (Å²) in [5, 5.41) is 3.07. The molecule has 0 aliphatic carbocycles. The maximum atomic E-state index is 12.4. The van der Waals surface area contributed by atoms with Crippen LogP contribution in [0.5, 0.6) is 0 Å². The average molecular weight is 393 g/mol. The first kappa shape index (κ1) is 18.9. The van der Waals surface area contributed by atoms with Crippen LogP contribution in [0.1, 0.15) is 21.5 Å². The molecule has 0 fully saturated rings. The lowest BCUT2D eigenvalue weighted by Crippen LogP contribution is -2.37. The maximum absolute atomic E-state index is 12.4. The molecular formula is C19H21ClN2O3S. The van der Waals surface area contributed by atoms with E-state index in [2.05, 4.69) is 28.4 Å². The molecule has 1 amide bonds. The highest BCUT2D eigenvalue weighted by molar-refractivity contribution is 7.90. The normalized spacial score (nSPS) is 14.7. The molecule has 26 heavy (non-hydrogen) atoms. The SMILES string of the molecule is CS(=O)(=O)c1ccc(Cl)c(C(=O)NCCN2CCc3ccccc3C2)c1. The Hall–Kier alpha value is -1.89. The van der Waals surface area contributed by atoms with Gasteiger partial charge in [-0.1, -0.05) is 35.9 Å². The number of carbonyl (C=O) groups excluding carboxylic acids is 1. The van der Waals surface area contributed by atoms with Gasteiger partial charge in [0, 0.05) is 32.4 Å². The van der Waals surface area contributed by atoms with Gasteiger partial charge in [-0.25, -0.2) is 8.42 Å². The summed E-state index contributed by atoms with van der Waals surface area (Å²) in [5.74, 6) is -0.363. The maximum Gasteiger partial charge on any atom is 0.252 e. The molecule has 0 radical (unpaired) electrons. The molecule has 0 saturated carbocycles. The van der Waals surface area contributed by atoms with Crippen molar-refractivity contribution in [2.24, 2.45) is 0 Å². The molecule has 5 nitrogen and oxygen atoms in total.